The van der Waals surface area contributed by atoms with E-state index >= 15 is 0 Å². The van der Waals surface area contributed by atoms with Crippen molar-refractivity contribution in [2.24, 2.45) is 34.5 Å². The highest BCUT2D eigenvalue weighted by atomic mass is 16.6. The summed E-state index contributed by atoms with van der Waals surface area (Å²) in [5.74, 6) is 3.50. The fraction of sp³-hybridized carbons (Fsp3) is 0.905. The van der Waals surface area contributed by atoms with Crippen molar-refractivity contribution in [2.45, 2.75) is 83.8 Å². The Hall–Kier alpha value is -0.700. The average molecular weight is 330 g/mol. The Morgan fingerprint density at radius 1 is 1.12 bits per heavy atom. The maximum atomic E-state index is 12.4. The molecule has 0 amide bonds. The van der Waals surface area contributed by atoms with Crippen molar-refractivity contribution < 1.29 is 14.3 Å². The number of fused-ring (bicyclic) bond motifs is 7. The summed E-state index contributed by atoms with van der Waals surface area (Å²) >= 11 is 0. The lowest BCUT2D eigenvalue weighted by atomic mass is 9.44. The third-order valence-electron chi connectivity index (χ3n) is 9.44. The van der Waals surface area contributed by atoms with E-state index in [0.717, 1.165) is 43.9 Å². The highest BCUT2D eigenvalue weighted by molar-refractivity contribution is 5.90. The number of ketones is 2. The van der Waals surface area contributed by atoms with Crippen LogP contribution < -0.4 is 0 Å². The van der Waals surface area contributed by atoms with Gasteiger partial charge in [0.2, 0.25) is 0 Å². The van der Waals surface area contributed by atoms with Gasteiger partial charge in [-0.1, -0.05) is 13.8 Å². The first kappa shape index (κ1) is 15.5. The van der Waals surface area contributed by atoms with Gasteiger partial charge in [-0.25, -0.2) is 0 Å². The Bertz CT molecular complexity index is 627. The molecule has 3 nitrogen and oxygen atoms in total. The van der Waals surface area contributed by atoms with Crippen molar-refractivity contribution in [1.82, 2.24) is 0 Å². The molecule has 8 atom stereocenters. The number of hydrogen-bond donors (Lipinski definition) is 0. The predicted octanol–water partition coefficient (Wildman–Crippen LogP) is 3.93. The first-order valence-corrected chi connectivity index (χ1v) is 10.0. The predicted molar refractivity (Wildman–Crippen MR) is 90.4 cm³/mol. The molecule has 0 bridgehead atoms. The summed E-state index contributed by atoms with van der Waals surface area (Å²) in [6.07, 6.45) is 8.84. The second-order valence-electron chi connectivity index (χ2n) is 9.99. The molecule has 5 fully saturated rings. The van der Waals surface area contributed by atoms with Gasteiger partial charge in [0.25, 0.3) is 0 Å². The number of carbonyl (C=O) groups is 2. The molecule has 0 aromatic rings. The second kappa shape index (κ2) is 4.52. The van der Waals surface area contributed by atoms with E-state index in [4.69, 9.17) is 4.74 Å². The van der Waals surface area contributed by atoms with Crippen LogP contribution in [-0.2, 0) is 14.3 Å². The van der Waals surface area contributed by atoms with Gasteiger partial charge in [-0.2, -0.15) is 0 Å². The van der Waals surface area contributed by atoms with E-state index in [1.165, 1.54) is 19.3 Å². The topological polar surface area (TPSA) is 46.7 Å². The molecule has 5 rings (SSSR count). The Morgan fingerprint density at radius 3 is 2.67 bits per heavy atom. The summed E-state index contributed by atoms with van der Waals surface area (Å²) in [4.78, 5) is 24.4. The molecular formula is C21H30O3. The van der Waals surface area contributed by atoms with E-state index in [1.54, 1.807) is 6.92 Å². The quantitative estimate of drug-likeness (QED) is 0.684. The highest BCUT2D eigenvalue weighted by Gasteiger charge is 2.79. The smallest absolute Gasteiger partial charge is 0.164 e. The molecule has 1 saturated heterocycles. The van der Waals surface area contributed by atoms with Crippen LogP contribution in [0.1, 0.15) is 72.1 Å². The molecule has 0 aromatic heterocycles. The molecular weight excluding hydrogens is 300 g/mol. The maximum absolute atomic E-state index is 12.4. The standard InChI is InChI=1S/C21H30O3/c1-12(22)21-18(24-21)11-17-15-5-4-13-10-14(23)6-8-19(13,2)16(15)7-9-20(17,21)3/h13,15-18H,4-11H2,1-3H3/t13?,15-,16+,17+,18?,19+,20+,21-/m1/s1. The van der Waals surface area contributed by atoms with Gasteiger partial charge >= 0.3 is 0 Å². The zero-order valence-corrected chi connectivity index (χ0v) is 15.3. The van der Waals surface area contributed by atoms with Crippen LogP contribution in [0.15, 0.2) is 0 Å². The molecule has 24 heavy (non-hydrogen) atoms. The molecule has 4 aliphatic carbocycles. The lowest BCUT2D eigenvalue weighted by molar-refractivity contribution is -0.151. The Morgan fingerprint density at radius 2 is 1.92 bits per heavy atom. The number of epoxide rings is 1. The first-order chi connectivity index (χ1) is 11.3. The summed E-state index contributed by atoms with van der Waals surface area (Å²) in [7, 11) is 0. The molecule has 0 radical (unpaired) electrons. The number of carbonyl (C=O) groups excluding carboxylic acids is 2. The SMILES string of the molecule is CC(=O)[C@@]12OC1C[C@H]1[C@@H]3CCC4CC(=O)CC[C@]4(C)[C@H]3CC[C@@]12C. The Labute approximate surface area is 144 Å². The molecule has 0 aromatic carbocycles. The van der Waals surface area contributed by atoms with E-state index in [1.807, 2.05) is 0 Å². The number of Topliss-reactive ketones (excluding diaryl/α,β-unsaturated/α-hetero) is 2. The van der Waals surface area contributed by atoms with Crippen LogP contribution in [0, 0.1) is 34.5 Å². The minimum Gasteiger partial charge on any atom is -0.357 e. The van der Waals surface area contributed by atoms with Crippen LogP contribution in [0.2, 0.25) is 0 Å². The molecule has 5 aliphatic rings. The highest BCUT2D eigenvalue weighted by Crippen LogP contribution is 2.73. The van der Waals surface area contributed by atoms with Crippen LogP contribution in [0.25, 0.3) is 0 Å². The van der Waals surface area contributed by atoms with Crippen molar-refractivity contribution >= 4 is 11.6 Å². The van der Waals surface area contributed by atoms with Gasteiger partial charge < -0.3 is 4.74 Å². The van der Waals surface area contributed by atoms with Crippen LogP contribution in [0.3, 0.4) is 0 Å². The molecule has 3 heteroatoms. The summed E-state index contributed by atoms with van der Waals surface area (Å²) in [6, 6.07) is 0. The van der Waals surface area contributed by atoms with Crippen molar-refractivity contribution in [3.8, 4) is 0 Å². The fourth-order valence-corrected chi connectivity index (χ4v) is 8.11. The lowest BCUT2D eigenvalue weighted by Gasteiger charge is -2.60. The molecule has 4 saturated carbocycles. The number of ether oxygens (including phenoxy) is 1. The van der Waals surface area contributed by atoms with Gasteiger partial charge in [0.05, 0.1) is 6.10 Å². The normalized spacial score (nSPS) is 58.3. The lowest BCUT2D eigenvalue weighted by Crippen LogP contribution is -2.56. The van der Waals surface area contributed by atoms with Crippen LogP contribution >= 0.6 is 0 Å². The van der Waals surface area contributed by atoms with Crippen LogP contribution in [-0.4, -0.2) is 23.3 Å². The average Bonchev–Trinajstić information content (AvgIpc) is 3.21. The van der Waals surface area contributed by atoms with Crippen LogP contribution in [0.4, 0.5) is 0 Å². The summed E-state index contributed by atoms with van der Waals surface area (Å²) in [5.41, 5.74) is -0.0313. The zero-order valence-electron chi connectivity index (χ0n) is 15.3. The summed E-state index contributed by atoms with van der Waals surface area (Å²) < 4.78 is 6.01. The van der Waals surface area contributed by atoms with Crippen molar-refractivity contribution in [1.29, 1.82) is 0 Å². The van der Waals surface area contributed by atoms with E-state index in [0.29, 0.717) is 23.0 Å². The third kappa shape index (κ3) is 1.59. The van der Waals surface area contributed by atoms with Gasteiger partial charge in [0, 0.05) is 18.3 Å². The molecule has 1 heterocycles. The van der Waals surface area contributed by atoms with Gasteiger partial charge in [0.15, 0.2) is 11.4 Å². The van der Waals surface area contributed by atoms with E-state index in [2.05, 4.69) is 13.8 Å². The zero-order chi connectivity index (χ0) is 16.9. The summed E-state index contributed by atoms with van der Waals surface area (Å²) in [5, 5.41) is 0. The Balaban J connectivity index is 1.48. The van der Waals surface area contributed by atoms with E-state index in [9.17, 15) is 9.59 Å². The molecule has 132 valence electrons. The third-order valence-corrected chi connectivity index (χ3v) is 9.44. The van der Waals surface area contributed by atoms with Gasteiger partial charge in [0.1, 0.15) is 5.78 Å². The molecule has 1 aliphatic heterocycles. The van der Waals surface area contributed by atoms with E-state index in [-0.39, 0.29) is 17.3 Å². The van der Waals surface area contributed by atoms with Crippen molar-refractivity contribution in [2.75, 3.05) is 0 Å². The fourth-order valence-electron chi connectivity index (χ4n) is 8.11. The molecule has 0 spiro atoms. The number of hydrogen-bond acceptors (Lipinski definition) is 3. The first-order valence-electron chi connectivity index (χ1n) is 10.0. The second-order valence-corrected chi connectivity index (χ2v) is 9.99. The van der Waals surface area contributed by atoms with E-state index < -0.39 is 5.60 Å². The summed E-state index contributed by atoms with van der Waals surface area (Å²) in [6.45, 7) is 6.57. The maximum Gasteiger partial charge on any atom is 0.164 e. The minimum absolute atomic E-state index is 0.0539. The van der Waals surface area contributed by atoms with Gasteiger partial charge in [-0.3, -0.25) is 9.59 Å². The monoisotopic (exact) mass is 330 g/mol. The van der Waals surface area contributed by atoms with Crippen LogP contribution in [0.5, 0.6) is 0 Å². The molecule has 0 N–H and O–H groups in total. The number of rotatable bonds is 1. The minimum atomic E-state index is -0.442. The van der Waals surface area contributed by atoms with Crippen molar-refractivity contribution in [3.63, 3.8) is 0 Å². The van der Waals surface area contributed by atoms with Gasteiger partial charge in [-0.15, -0.1) is 0 Å². The molecule has 2 unspecified atom stereocenters. The van der Waals surface area contributed by atoms with Crippen molar-refractivity contribution in [3.05, 3.63) is 0 Å². The Kier molecular flexibility index (Phi) is 2.93. The van der Waals surface area contributed by atoms with Gasteiger partial charge in [-0.05, 0) is 74.5 Å². The largest absolute Gasteiger partial charge is 0.357 e.